The van der Waals surface area contributed by atoms with Gasteiger partial charge in [0, 0.05) is 12.6 Å². The fourth-order valence-electron chi connectivity index (χ4n) is 2.99. The summed E-state index contributed by atoms with van der Waals surface area (Å²) in [5, 5.41) is 8.95. The number of anilines is 2. The minimum atomic E-state index is -1.00. The molecule has 1 aliphatic heterocycles. The lowest BCUT2D eigenvalue weighted by Gasteiger charge is -2.29. The van der Waals surface area contributed by atoms with Crippen LogP contribution in [0.1, 0.15) is 29.8 Å². The van der Waals surface area contributed by atoms with Crippen LogP contribution in [-0.2, 0) is 0 Å². The number of aromatic nitrogens is 1. The maximum Gasteiger partial charge on any atom is 0.354 e. The highest BCUT2D eigenvalue weighted by molar-refractivity contribution is 5.87. The molecule has 1 saturated heterocycles. The third kappa shape index (κ3) is 1.62. The predicted molar refractivity (Wildman–Crippen MR) is 64.1 cm³/mol. The lowest BCUT2D eigenvalue weighted by molar-refractivity contribution is 0.0690. The number of fused-ring (bicyclic) bond motifs is 2. The number of carbonyl (C=O) groups is 1. The molecule has 17 heavy (non-hydrogen) atoms. The molecular formula is C12H15N3O2. The Morgan fingerprint density at radius 2 is 2.29 bits per heavy atom. The molecule has 3 N–H and O–H groups in total. The number of carboxylic acids is 1. The van der Waals surface area contributed by atoms with E-state index < -0.39 is 5.97 Å². The van der Waals surface area contributed by atoms with Crippen molar-refractivity contribution in [3.05, 3.63) is 17.8 Å². The fraction of sp³-hybridized carbons (Fsp3) is 0.500. The minimum absolute atomic E-state index is 0.0666. The van der Waals surface area contributed by atoms with Gasteiger partial charge >= 0.3 is 5.97 Å². The number of nitrogen functional groups attached to an aromatic ring is 1. The maximum atomic E-state index is 10.9. The van der Waals surface area contributed by atoms with Crippen LogP contribution in [0.4, 0.5) is 11.5 Å². The van der Waals surface area contributed by atoms with E-state index in [4.69, 9.17) is 10.8 Å². The molecule has 0 aromatic carbocycles. The van der Waals surface area contributed by atoms with Crippen LogP contribution in [-0.4, -0.2) is 28.6 Å². The standard InChI is InChI=1S/C12H15N3O2/c13-9-3-4-10(12(16)17)14-11(9)15-6-7-1-2-8(15)5-7/h3-4,7-8H,1-2,5-6,13H2,(H,16,17). The zero-order chi connectivity index (χ0) is 12.0. The van der Waals surface area contributed by atoms with Gasteiger partial charge in [-0.15, -0.1) is 0 Å². The van der Waals surface area contributed by atoms with Crippen molar-refractivity contribution in [2.75, 3.05) is 17.2 Å². The molecule has 5 heteroatoms. The molecule has 2 atom stereocenters. The average molecular weight is 233 g/mol. The highest BCUT2D eigenvalue weighted by Crippen LogP contribution is 2.41. The molecule has 3 rings (SSSR count). The summed E-state index contributed by atoms with van der Waals surface area (Å²) in [6.45, 7) is 0.963. The fourth-order valence-corrected chi connectivity index (χ4v) is 2.99. The first-order valence-corrected chi connectivity index (χ1v) is 5.91. The highest BCUT2D eigenvalue weighted by atomic mass is 16.4. The number of piperidine rings is 1. The van der Waals surface area contributed by atoms with E-state index >= 15 is 0 Å². The summed E-state index contributed by atoms with van der Waals surface area (Å²) in [5.74, 6) is 0.377. The van der Waals surface area contributed by atoms with Crippen LogP contribution < -0.4 is 10.6 Å². The van der Waals surface area contributed by atoms with Gasteiger partial charge in [-0.05, 0) is 37.3 Å². The summed E-state index contributed by atoms with van der Waals surface area (Å²) < 4.78 is 0. The smallest absolute Gasteiger partial charge is 0.354 e. The number of pyridine rings is 1. The molecule has 5 nitrogen and oxygen atoms in total. The summed E-state index contributed by atoms with van der Waals surface area (Å²) in [6.07, 6.45) is 3.64. The second-order valence-corrected chi connectivity index (χ2v) is 4.90. The first-order valence-electron chi connectivity index (χ1n) is 5.91. The van der Waals surface area contributed by atoms with Crippen LogP contribution in [0.25, 0.3) is 0 Å². The van der Waals surface area contributed by atoms with Crippen LogP contribution in [0.15, 0.2) is 12.1 Å². The summed E-state index contributed by atoms with van der Waals surface area (Å²) in [7, 11) is 0. The monoisotopic (exact) mass is 233 g/mol. The van der Waals surface area contributed by atoms with Crippen molar-refractivity contribution in [1.82, 2.24) is 4.98 Å². The van der Waals surface area contributed by atoms with Crippen LogP contribution >= 0.6 is 0 Å². The number of rotatable bonds is 2. The van der Waals surface area contributed by atoms with Gasteiger partial charge in [-0.3, -0.25) is 0 Å². The molecule has 2 heterocycles. The van der Waals surface area contributed by atoms with Gasteiger partial charge in [-0.1, -0.05) is 0 Å². The Labute approximate surface area is 99.2 Å². The molecule has 90 valence electrons. The van der Waals surface area contributed by atoms with Crippen molar-refractivity contribution in [3.8, 4) is 0 Å². The summed E-state index contributed by atoms with van der Waals surface area (Å²) in [6, 6.07) is 3.59. The molecule has 1 aromatic heterocycles. The quantitative estimate of drug-likeness (QED) is 0.806. The zero-order valence-electron chi connectivity index (χ0n) is 9.47. The maximum absolute atomic E-state index is 10.9. The normalized spacial score (nSPS) is 26.5. The van der Waals surface area contributed by atoms with Crippen molar-refractivity contribution in [2.24, 2.45) is 5.92 Å². The van der Waals surface area contributed by atoms with Crippen molar-refractivity contribution < 1.29 is 9.90 Å². The van der Waals surface area contributed by atoms with Gasteiger partial charge in [0.1, 0.15) is 0 Å². The van der Waals surface area contributed by atoms with Gasteiger partial charge in [0.15, 0.2) is 11.5 Å². The van der Waals surface area contributed by atoms with Crippen molar-refractivity contribution in [1.29, 1.82) is 0 Å². The second-order valence-electron chi connectivity index (χ2n) is 4.90. The van der Waals surface area contributed by atoms with Crippen molar-refractivity contribution in [2.45, 2.75) is 25.3 Å². The molecule has 0 radical (unpaired) electrons. The van der Waals surface area contributed by atoms with E-state index in [1.165, 1.54) is 25.3 Å². The van der Waals surface area contributed by atoms with E-state index in [0.717, 1.165) is 12.5 Å². The number of aromatic carboxylic acids is 1. The Morgan fingerprint density at radius 3 is 2.88 bits per heavy atom. The van der Waals surface area contributed by atoms with Crippen LogP contribution in [0.5, 0.6) is 0 Å². The van der Waals surface area contributed by atoms with E-state index in [1.807, 2.05) is 0 Å². The van der Waals surface area contributed by atoms with Crippen LogP contribution in [0.2, 0.25) is 0 Å². The number of hydrogen-bond acceptors (Lipinski definition) is 4. The van der Waals surface area contributed by atoms with Crippen LogP contribution in [0, 0.1) is 5.92 Å². The Kier molecular flexibility index (Phi) is 2.21. The van der Waals surface area contributed by atoms with Crippen LogP contribution in [0.3, 0.4) is 0 Å². The summed E-state index contributed by atoms with van der Waals surface area (Å²) in [4.78, 5) is 17.3. The molecule has 1 aromatic rings. The van der Waals surface area contributed by atoms with E-state index in [2.05, 4.69) is 9.88 Å². The topological polar surface area (TPSA) is 79.5 Å². The molecule has 0 spiro atoms. The molecule has 1 saturated carbocycles. The minimum Gasteiger partial charge on any atom is -0.477 e. The van der Waals surface area contributed by atoms with E-state index in [1.54, 1.807) is 6.07 Å². The average Bonchev–Trinajstić information content (AvgIpc) is 2.91. The van der Waals surface area contributed by atoms with Crippen molar-refractivity contribution in [3.63, 3.8) is 0 Å². The molecule has 0 amide bonds. The number of nitrogens with zero attached hydrogens (tertiary/aromatic N) is 2. The largest absolute Gasteiger partial charge is 0.477 e. The lowest BCUT2D eigenvalue weighted by atomic mass is 10.1. The Hall–Kier alpha value is -1.78. The molecular weight excluding hydrogens is 218 g/mol. The first-order chi connectivity index (χ1) is 8.15. The first kappa shape index (κ1) is 10.4. The molecule has 2 unspecified atom stereocenters. The molecule has 2 fully saturated rings. The van der Waals surface area contributed by atoms with Gasteiger partial charge in [0.25, 0.3) is 0 Å². The Morgan fingerprint density at radius 1 is 1.47 bits per heavy atom. The molecule has 2 bridgehead atoms. The Balaban J connectivity index is 1.96. The van der Waals surface area contributed by atoms with Gasteiger partial charge in [0.2, 0.25) is 0 Å². The van der Waals surface area contributed by atoms with E-state index in [0.29, 0.717) is 17.5 Å². The highest BCUT2D eigenvalue weighted by Gasteiger charge is 2.39. The Bertz CT molecular complexity index is 475. The van der Waals surface area contributed by atoms with Gasteiger partial charge < -0.3 is 15.7 Å². The summed E-state index contributed by atoms with van der Waals surface area (Å²) in [5.41, 5.74) is 6.54. The van der Waals surface area contributed by atoms with E-state index in [-0.39, 0.29) is 5.69 Å². The molecule has 1 aliphatic carbocycles. The van der Waals surface area contributed by atoms with Gasteiger partial charge in [0.05, 0.1) is 5.69 Å². The lowest BCUT2D eigenvalue weighted by Crippen LogP contribution is -2.33. The second kappa shape index (κ2) is 3.61. The van der Waals surface area contributed by atoms with Crippen molar-refractivity contribution >= 4 is 17.5 Å². The SMILES string of the molecule is Nc1ccc(C(=O)O)nc1N1CC2CCC1C2. The van der Waals surface area contributed by atoms with Gasteiger partial charge in [-0.25, -0.2) is 9.78 Å². The van der Waals surface area contributed by atoms with E-state index in [9.17, 15) is 4.79 Å². The third-order valence-corrected chi connectivity index (χ3v) is 3.81. The number of nitrogens with two attached hydrogens (primary N) is 1. The third-order valence-electron chi connectivity index (χ3n) is 3.81. The molecule has 2 aliphatic rings. The predicted octanol–water partition coefficient (Wildman–Crippen LogP) is 1.35. The number of hydrogen-bond donors (Lipinski definition) is 2. The van der Waals surface area contributed by atoms with Gasteiger partial charge in [-0.2, -0.15) is 0 Å². The zero-order valence-corrected chi connectivity index (χ0v) is 9.47. The summed E-state index contributed by atoms with van der Waals surface area (Å²) >= 11 is 0. The number of carboxylic acid groups (broad SMARTS) is 1.